The largest absolute Gasteiger partial charge is 0.419 e. The van der Waals surface area contributed by atoms with Gasteiger partial charge in [0.2, 0.25) is 0 Å². The molecule has 0 amide bonds. The highest BCUT2D eigenvalue weighted by Gasteiger charge is 2.44. The van der Waals surface area contributed by atoms with Gasteiger partial charge in [-0.2, -0.15) is 13.2 Å². The molecule has 2 saturated heterocycles. The minimum atomic E-state index is -4.43. The van der Waals surface area contributed by atoms with Crippen LogP contribution in [0.5, 0.6) is 0 Å². The number of halogens is 4. The molecule has 5 nitrogen and oxygen atoms in total. The average Bonchev–Trinajstić information content (AvgIpc) is 3.26. The number of fused-ring (bicyclic) bond motifs is 2. The van der Waals surface area contributed by atoms with Gasteiger partial charge in [-0.05, 0) is 30.3 Å². The summed E-state index contributed by atoms with van der Waals surface area (Å²) in [7, 11) is 0. The highest BCUT2D eigenvalue weighted by Crippen LogP contribution is 2.40. The summed E-state index contributed by atoms with van der Waals surface area (Å²) in [6, 6.07) is 6.79. The van der Waals surface area contributed by atoms with E-state index >= 15 is 0 Å². The van der Waals surface area contributed by atoms with E-state index in [1.54, 1.807) is 11.0 Å². The third kappa shape index (κ3) is 3.14. The summed E-state index contributed by atoms with van der Waals surface area (Å²) in [5.41, 5.74) is -0.0347. The maximum absolute atomic E-state index is 13.7. The molecule has 2 aliphatic heterocycles. The Kier molecular flexibility index (Phi) is 4.07. The van der Waals surface area contributed by atoms with Gasteiger partial charge in [0.05, 0.1) is 11.1 Å². The number of alkyl halides is 3. The molecular weight excluding hydrogens is 386 g/mol. The highest BCUT2D eigenvalue weighted by molar-refractivity contribution is 5.89. The van der Waals surface area contributed by atoms with Gasteiger partial charge in [0.1, 0.15) is 23.8 Å². The lowest BCUT2D eigenvalue weighted by molar-refractivity contribution is -0.137. The van der Waals surface area contributed by atoms with Crippen LogP contribution in [-0.2, 0) is 6.18 Å². The molecular formula is C20H17F4N5. The molecule has 0 radical (unpaired) electrons. The standard InChI is InChI=1S/C20H17F4N5/c21-14-3-4-17-15(6-14)18(27-11-26-17)28-7-12-9-29(10-13(12)8-28)19-16(20(22,23)24)2-1-5-25-19/h1-6,11-13H,7-10H2. The van der Waals surface area contributed by atoms with Crippen molar-refractivity contribution < 1.29 is 17.6 Å². The van der Waals surface area contributed by atoms with Crippen LogP contribution in [0.4, 0.5) is 29.2 Å². The van der Waals surface area contributed by atoms with Crippen LogP contribution < -0.4 is 9.80 Å². The van der Waals surface area contributed by atoms with Crippen molar-refractivity contribution in [2.45, 2.75) is 6.18 Å². The molecule has 2 aliphatic rings. The Balaban J connectivity index is 1.38. The van der Waals surface area contributed by atoms with E-state index in [1.807, 2.05) is 0 Å². The Bertz CT molecular complexity index is 1060. The van der Waals surface area contributed by atoms with Gasteiger partial charge < -0.3 is 9.80 Å². The van der Waals surface area contributed by atoms with Crippen molar-refractivity contribution in [3.63, 3.8) is 0 Å². The fourth-order valence-electron chi connectivity index (χ4n) is 4.48. The van der Waals surface area contributed by atoms with Crippen molar-refractivity contribution in [2.75, 3.05) is 36.0 Å². The molecule has 0 saturated carbocycles. The van der Waals surface area contributed by atoms with E-state index in [0.717, 1.165) is 6.07 Å². The van der Waals surface area contributed by atoms with Gasteiger partial charge in [0.15, 0.2) is 0 Å². The summed E-state index contributed by atoms with van der Waals surface area (Å²) in [5.74, 6) is 0.696. The predicted octanol–water partition coefficient (Wildman–Crippen LogP) is 3.76. The molecule has 9 heteroatoms. The van der Waals surface area contributed by atoms with Crippen LogP contribution in [0.1, 0.15) is 5.56 Å². The van der Waals surface area contributed by atoms with Crippen LogP contribution in [0.15, 0.2) is 42.9 Å². The average molecular weight is 403 g/mol. The van der Waals surface area contributed by atoms with Gasteiger partial charge in [-0.3, -0.25) is 0 Å². The van der Waals surface area contributed by atoms with E-state index in [4.69, 9.17) is 0 Å². The molecule has 3 aromatic rings. The van der Waals surface area contributed by atoms with E-state index in [9.17, 15) is 17.6 Å². The summed E-state index contributed by atoms with van der Waals surface area (Å²) in [6.07, 6.45) is -1.58. The van der Waals surface area contributed by atoms with E-state index in [2.05, 4.69) is 19.9 Å². The molecule has 2 atom stereocenters. The maximum Gasteiger partial charge on any atom is 0.419 e. The van der Waals surface area contributed by atoms with Crippen LogP contribution in [0.2, 0.25) is 0 Å². The molecule has 0 aliphatic carbocycles. The summed E-state index contributed by atoms with van der Waals surface area (Å²) < 4.78 is 53.7. The molecule has 0 N–H and O–H groups in total. The SMILES string of the molecule is Fc1ccc2ncnc(N3CC4CN(c5ncccc5C(F)(F)F)CC4C3)c2c1. The zero-order chi connectivity index (χ0) is 20.2. The zero-order valence-electron chi connectivity index (χ0n) is 15.3. The summed E-state index contributed by atoms with van der Waals surface area (Å²) >= 11 is 0. The molecule has 150 valence electrons. The Morgan fingerprint density at radius 1 is 0.862 bits per heavy atom. The smallest absolute Gasteiger partial charge is 0.355 e. The number of anilines is 2. The third-order valence-corrected chi connectivity index (χ3v) is 5.75. The topological polar surface area (TPSA) is 45.2 Å². The van der Waals surface area contributed by atoms with Crippen LogP contribution in [-0.4, -0.2) is 41.1 Å². The second-order valence-electron chi connectivity index (χ2n) is 7.56. The normalized spacial score (nSPS) is 21.8. The number of hydrogen-bond acceptors (Lipinski definition) is 5. The van der Waals surface area contributed by atoms with Crippen LogP contribution in [0.25, 0.3) is 10.9 Å². The van der Waals surface area contributed by atoms with Crippen molar-refractivity contribution >= 4 is 22.5 Å². The monoisotopic (exact) mass is 403 g/mol. The molecule has 2 unspecified atom stereocenters. The van der Waals surface area contributed by atoms with Crippen LogP contribution >= 0.6 is 0 Å². The lowest BCUT2D eigenvalue weighted by atomic mass is 10.0. The van der Waals surface area contributed by atoms with E-state index in [0.29, 0.717) is 42.9 Å². The fourth-order valence-corrected chi connectivity index (χ4v) is 4.48. The first-order valence-electron chi connectivity index (χ1n) is 9.32. The minimum absolute atomic E-state index is 0.00416. The van der Waals surface area contributed by atoms with Crippen LogP contribution in [0, 0.1) is 17.7 Å². The van der Waals surface area contributed by atoms with E-state index < -0.39 is 11.7 Å². The van der Waals surface area contributed by atoms with Gasteiger partial charge in [0, 0.05) is 49.6 Å². The number of rotatable bonds is 2. The van der Waals surface area contributed by atoms with Crippen molar-refractivity contribution in [3.8, 4) is 0 Å². The first kappa shape index (κ1) is 18.1. The number of pyridine rings is 1. The molecule has 0 spiro atoms. The Labute approximate surface area is 164 Å². The van der Waals surface area contributed by atoms with E-state index in [-0.39, 0.29) is 23.5 Å². The van der Waals surface area contributed by atoms with Gasteiger partial charge in [0.25, 0.3) is 0 Å². The zero-order valence-corrected chi connectivity index (χ0v) is 15.3. The number of benzene rings is 1. The highest BCUT2D eigenvalue weighted by atomic mass is 19.4. The third-order valence-electron chi connectivity index (χ3n) is 5.75. The van der Waals surface area contributed by atoms with Crippen molar-refractivity contribution in [1.29, 1.82) is 0 Å². The Hall–Kier alpha value is -2.97. The molecule has 1 aromatic carbocycles. The summed E-state index contributed by atoms with van der Waals surface area (Å²) in [6.45, 7) is 2.30. The quantitative estimate of drug-likeness (QED) is 0.610. The number of hydrogen-bond donors (Lipinski definition) is 0. The molecule has 29 heavy (non-hydrogen) atoms. The van der Waals surface area contributed by atoms with Gasteiger partial charge in [-0.1, -0.05) is 0 Å². The van der Waals surface area contributed by atoms with Crippen LogP contribution in [0.3, 0.4) is 0 Å². The molecule has 2 aromatic heterocycles. The van der Waals surface area contributed by atoms with Crippen molar-refractivity contribution in [1.82, 2.24) is 15.0 Å². The first-order valence-corrected chi connectivity index (χ1v) is 9.32. The summed E-state index contributed by atoms with van der Waals surface area (Å²) in [4.78, 5) is 16.4. The Morgan fingerprint density at radius 3 is 2.24 bits per heavy atom. The Morgan fingerprint density at radius 2 is 1.55 bits per heavy atom. The van der Waals surface area contributed by atoms with Gasteiger partial charge in [-0.25, -0.2) is 19.3 Å². The van der Waals surface area contributed by atoms with Gasteiger partial charge in [-0.15, -0.1) is 0 Å². The lowest BCUT2D eigenvalue weighted by Crippen LogP contribution is -2.31. The van der Waals surface area contributed by atoms with Crippen molar-refractivity contribution in [2.24, 2.45) is 11.8 Å². The molecule has 5 rings (SSSR count). The number of aromatic nitrogens is 3. The maximum atomic E-state index is 13.7. The number of nitrogens with zero attached hydrogens (tertiary/aromatic N) is 5. The predicted molar refractivity (Wildman–Crippen MR) is 100 cm³/mol. The second kappa shape index (κ2) is 6.53. The first-order chi connectivity index (χ1) is 13.9. The minimum Gasteiger partial charge on any atom is -0.355 e. The van der Waals surface area contributed by atoms with Gasteiger partial charge >= 0.3 is 6.18 Å². The molecule has 4 heterocycles. The fraction of sp³-hybridized carbons (Fsp3) is 0.350. The second-order valence-corrected chi connectivity index (χ2v) is 7.56. The summed E-state index contributed by atoms with van der Waals surface area (Å²) in [5, 5.41) is 0.647. The van der Waals surface area contributed by atoms with Crippen molar-refractivity contribution in [3.05, 3.63) is 54.2 Å². The molecule has 2 fully saturated rings. The van der Waals surface area contributed by atoms with E-state index in [1.165, 1.54) is 30.7 Å². The molecule has 0 bridgehead atoms. The lowest BCUT2D eigenvalue weighted by Gasteiger charge is -2.25.